The van der Waals surface area contributed by atoms with Crippen molar-refractivity contribution in [1.29, 1.82) is 0 Å². The van der Waals surface area contributed by atoms with Gasteiger partial charge in [0.2, 0.25) is 0 Å². The van der Waals surface area contributed by atoms with E-state index in [1.807, 2.05) is 0 Å². The molecule has 0 amide bonds. The molecule has 0 radical (unpaired) electrons. The van der Waals surface area contributed by atoms with Gasteiger partial charge in [-0.3, -0.25) is 0 Å². The lowest BCUT2D eigenvalue weighted by atomic mass is 10.1. The minimum atomic E-state index is 0.519. The van der Waals surface area contributed by atoms with Crippen LogP contribution in [0.4, 0.5) is 0 Å². The minimum absolute atomic E-state index is 0.519. The van der Waals surface area contributed by atoms with Crippen LogP contribution in [-0.2, 0) is 6.42 Å². The SMILES string of the molecule is BrCC(Br)CN[C@@H]1CCc2ccccc21. The molecule has 0 bridgehead atoms. The fourth-order valence-electron chi connectivity index (χ4n) is 2.09. The molecule has 2 rings (SSSR count). The van der Waals surface area contributed by atoms with E-state index in [1.54, 1.807) is 0 Å². The number of hydrogen-bond acceptors (Lipinski definition) is 1. The van der Waals surface area contributed by atoms with Crippen LogP contribution in [0.2, 0.25) is 0 Å². The topological polar surface area (TPSA) is 12.0 Å². The van der Waals surface area contributed by atoms with Gasteiger partial charge in [0.25, 0.3) is 0 Å². The quantitative estimate of drug-likeness (QED) is 0.833. The highest BCUT2D eigenvalue weighted by atomic mass is 79.9. The molecule has 0 aromatic heterocycles. The Hall–Kier alpha value is 0.140. The van der Waals surface area contributed by atoms with Gasteiger partial charge in [-0.05, 0) is 24.0 Å². The number of hydrogen-bond donors (Lipinski definition) is 1. The van der Waals surface area contributed by atoms with E-state index in [2.05, 4.69) is 61.4 Å². The van der Waals surface area contributed by atoms with Gasteiger partial charge in [0.05, 0.1) is 0 Å². The molecule has 1 aromatic carbocycles. The molecule has 2 atom stereocenters. The Morgan fingerprint density at radius 3 is 3.00 bits per heavy atom. The summed E-state index contributed by atoms with van der Waals surface area (Å²) in [6, 6.07) is 9.31. The van der Waals surface area contributed by atoms with Gasteiger partial charge in [0, 0.05) is 22.7 Å². The van der Waals surface area contributed by atoms with Crippen LogP contribution in [0.15, 0.2) is 24.3 Å². The van der Waals surface area contributed by atoms with Crippen molar-refractivity contribution in [3.8, 4) is 0 Å². The van der Waals surface area contributed by atoms with Crippen molar-refractivity contribution >= 4 is 31.9 Å². The lowest BCUT2D eigenvalue weighted by Gasteiger charge is -2.15. The molecule has 1 nitrogen and oxygen atoms in total. The molecular formula is C12H15Br2N. The van der Waals surface area contributed by atoms with E-state index in [0.29, 0.717) is 10.9 Å². The molecule has 0 saturated heterocycles. The van der Waals surface area contributed by atoms with E-state index in [-0.39, 0.29) is 0 Å². The van der Waals surface area contributed by atoms with Crippen LogP contribution < -0.4 is 5.32 Å². The lowest BCUT2D eigenvalue weighted by Crippen LogP contribution is -2.27. The van der Waals surface area contributed by atoms with Gasteiger partial charge >= 0.3 is 0 Å². The Morgan fingerprint density at radius 2 is 2.20 bits per heavy atom. The van der Waals surface area contributed by atoms with Crippen LogP contribution in [0.1, 0.15) is 23.6 Å². The predicted molar refractivity (Wildman–Crippen MR) is 72.0 cm³/mol. The Balaban J connectivity index is 1.96. The smallest absolute Gasteiger partial charge is 0.0367 e. The Kier molecular flexibility index (Phi) is 4.23. The second-order valence-electron chi connectivity index (χ2n) is 3.95. The molecule has 3 heteroatoms. The maximum atomic E-state index is 3.61. The maximum Gasteiger partial charge on any atom is 0.0367 e. The van der Waals surface area contributed by atoms with Gasteiger partial charge < -0.3 is 5.32 Å². The molecule has 0 aliphatic heterocycles. The largest absolute Gasteiger partial charge is 0.309 e. The van der Waals surface area contributed by atoms with Crippen molar-refractivity contribution in [3.05, 3.63) is 35.4 Å². The summed E-state index contributed by atoms with van der Waals surface area (Å²) in [6.45, 7) is 1.02. The summed E-state index contributed by atoms with van der Waals surface area (Å²) in [4.78, 5) is 0.519. The first-order valence-electron chi connectivity index (χ1n) is 5.32. The summed E-state index contributed by atoms with van der Waals surface area (Å²) in [5, 5.41) is 4.61. The molecule has 0 saturated carbocycles. The Morgan fingerprint density at radius 1 is 1.40 bits per heavy atom. The second-order valence-corrected chi connectivity index (χ2v) is 5.89. The van der Waals surface area contributed by atoms with Crippen LogP contribution in [0.5, 0.6) is 0 Å². The number of rotatable bonds is 4. The predicted octanol–water partition coefficient (Wildman–Crippen LogP) is 3.42. The van der Waals surface area contributed by atoms with E-state index in [9.17, 15) is 0 Å². The third kappa shape index (κ3) is 2.83. The van der Waals surface area contributed by atoms with Gasteiger partial charge in [-0.2, -0.15) is 0 Å². The molecule has 1 N–H and O–H groups in total. The monoisotopic (exact) mass is 331 g/mol. The fraction of sp³-hybridized carbons (Fsp3) is 0.500. The van der Waals surface area contributed by atoms with E-state index in [4.69, 9.17) is 0 Å². The second kappa shape index (κ2) is 5.46. The standard InChI is InChI=1S/C12H15Br2N/c13-7-10(14)8-15-12-6-5-9-3-1-2-4-11(9)12/h1-4,10,12,15H,5-8H2/t10?,12-/m1/s1. The van der Waals surface area contributed by atoms with Crippen molar-refractivity contribution in [3.63, 3.8) is 0 Å². The Bertz CT molecular complexity index is 327. The van der Waals surface area contributed by atoms with E-state index >= 15 is 0 Å². The number of alkyl halides is 2. The van der Waals surface area contributed by atoms with E-state index in [1.165, 1.54) is 24.0 Å². The van der Waals surface area contributed by atoms with Crippen LogP contribution >= 0.6 is 31.9 Å². The molecule has 82 valence electrons. The molecule has 0 heterocycles. The molecule has 1 aromatic rings. The van der Waals surface area contributed by atoms with Gasteiger partial charge in [-0.15, -0.1) is 0 Å². The van der Waals surface area contributed by atoms with Crippen molar-refractivity contribution in [2.24, 2.45) is 0 Å². The van der Waals surface area contributed by atoms with Crippen LogP contribution in [-0.4, -0.2) is 16.7 Å². The zero-order valence-corrected chi connectivity index (χ0v) is 11.7. The number of fused-ring (bicyclic) bond motifs is 1. The average molecular weight is 333 g/mol. The van der Waals surface area contributed by atoms with E-state index in [0.717, 1.165) is 11.9 Å². The molecule has 15 heavy (non-hydrogen) atoms. The summed E-state index contributed by atoms with van der Waals surface area (Å²) in [5.41, 5.74) is 3.01. The first-order chi connectivity index (χ1) is 7.31. The van der Waals surface area contributed by atoms with Gasteiger partial charge in [-0.25, -0.2) is 0 Å². The number of aryl methyl sites for hydroxylation is 1. The molecule has 1 aliphatic carbocycles. The van der Waals surface area contributed by atoms with Gasteiger partial charge in [0.1, 0.15) is 0 Å². The first kappa shape index (κ1) is 11.6. The van der Waals surface area contributed by atoms with Crippen molar-refractivity contribution in [1.82, 2.24) is 5.32 Å². The first-order valence-corrected chi connectivity index (χ1v) is 7.36. The average Bonchev–Trinajstić information content (AvgIpc) is 2.69. The zero-order chi connectivity index (χ0) is 10.7. The molecule has 1 aliphatic rings. The van der Waals surface area contributed by atoms with Crippen LogP contribution in [0.25, 0.3) is 0 Å². The molecule has 0 fully saturated rings. The minimum Gasteiger partial charge on any atom is -0.309 e. The summed E-state index contributed by atoms with van der Waals surface area (Å²) in [6.07, 6.45) is 2.45. The molecule has 1 unspecified atom stereocenters. The highest BCUT2D eigenvalue weighted by Crippen LogP contribution is 2.30. The van der Waals surface area contributed by atoms with Gasteiger partial charge in [0.15, 0.2) is 0 Å². The van der Waals surface area contributed by atoms with Crippen LogP contribution in [0.3, 0.4) is 0 Å². The molecule has 0 spiro atoms. The lowest BCUT2D eigenvalue weighted by molar-refractivity contribution is 0.536. The zero-order valence-electron chi connectivity index (χ0n) is 8.55. The Labute approximate surface area is 108 Å². The highest BCUT2D eigenvalue weighted by molar-refractivity contribution is 9.12. The highest BCUT2D eigenvalue weighted by Gasteiger charge is 2.21. The summed E-state index contributed by atoms with van der Waals surface area (Å²) in [7, 11) is 0. The fourth-order valence-corrected chi connectivity index (χ4v) is 2.51. The van der Waals surface area contributed by atoms with Crippen molar-refractivity contribution in [2.75, 3.05) is 11.9 Å². The van der Waals surface area contributed by atoms with Gasteiger partial charge in [-0.1, -0.05) is 56.1 Å². The summed E-state index contributed by atoms with van der Waals surface area (Å²) < 4.78 is 0. The molecular weight excluding hydrogens is 318 g/mol. The third-order valence-corrected chi connectivity index (χ3v) is 5.18. The van der Waals surface area contributed by atoms with Crippen molar-refractivity contribution < 1.29 is 0 Å². The summed E-state index contributed by atoms with van der Waals surface area (Å²) in [5.74, 6) is 0. The van der Waals surface area contributed by atoms with Crippen molar-refractivity contribution in [2.45, 2.75) is 23.7 Å². The number of halogens is 2. The number of benzene rings is 1. The maximum absolute atomic E-state index is 3.61. The third-order valence-electron chi connectivity index (χ3n) is 2.89. The van der Waals surface area contributed by atoms with Crippen LogP contribution in [0, 0.1) is 0 Å². The van der Waals surface area contributed by atoms with E-state index < -0.39 is 0 Å². The summed E-state index contributed by atoms with van der Waals surface area (Å²) >= 11 is 7.08. The normalized spacial score (nSPS) is 21.3. The number of nitrogens with one attached hydrogen (secondary N) is 1.